The first-order valence-electron chi connectivity index (χ1n) is 13.3. The summed E-state index contributed by atoms with van der Waals surface area (Å²) in [5.41, 5.74) is 9.50. The summed E-state index contributed by atoms with van der Waals surface area (Å²) in [5, 5.41) is 3.31. The highest BCUT2D eigenvalue weighted by atomic mass is 32.2. The van der Waals surface area contributed by atoms with Crippen LogP contribution in [0.5, 0.6) is 0 Å². The molecule has 0 aliphatic carbocycles. The van der Waals surface area contributed by atoms with Crippen molar-refractivity contribution in [2.45, 2.75) is 37.8 Å². The van der Waals surface area contributed by atoms with Gasteiger partial charge < -0.3 is 5.32 Å². The first kappa shape index (κ1) is 23.1. The van der Waals surface area contributed by atoms with E-state index in [9.17, 15) is 0 Å². The quantitative estimate of drug-likeness (QED) is 0.242. The largest absolute Gasteiger partial charge is 0.384 e. The Balaban J connectivity index is 1.42. The van der Waals surface area contributed by atoms with Crippen molar-refractivity contribution in [2.75, 3.05) is 6.54 Å². The fraction of sp³-hybridized carbons (Fsp3) is 0.118. The molecule has 1 N–H and O–H groups in total. The molecule has 3 nitrogen and oxygen atoms in total. The van der Waals surface area contributed by atoms with Gasteiger partial charge in [0.15, 0.2) is 0 Å². The molecule has 1 atom stereocenters. The van der Waals surface area contributed by atoms with Gasteiger partial charge in [0.25, 0.3) is 0 Å². The lowest BCUT2D eigenvalue weighted by molar-refractivity contribution is 0.667. The Morgan fingerprint density at radius 1 is 0.667 bits per heavy atom. The van der Waals surface area contributed by atoms with Crippen LogP contribution in [0.3, 0.4) is 0 Å². The van der Waals surface area contributed by atoms with Crippen molar-refractivity contribution in [2.24, 2.45) is 9.98 Å². The van der Waals surface area contributed by atoms with Crippen molar-refractivity contribution in [3.8, 4) is 0 Å². The Kier molecular flexibility index (Phi) is 5.42. The average Bonchev–Trinajstić information content (AvgIpc) is 3.01. The summed E-state index contributed by atoms with van der Waals surface area (Å²) in [6.07, 6.45) is 10.1. The molecule has 0 aromatic heterocycles. The van der Waals surface area contributed by atoms with Gasteiger partial charge in [0.05, 0.1) is 23.4 Å². The molecule has 0 saturated carbocycles. The van der Waals surface area contributed by atoms with Crippen molar-refractivity contribution in [3.63, 3.8) is 0 Å². The second kappa shape index (κ2) is 9.15. The third-order valence-corrected chi connectivity index (χ3v) is 10.2. The second-order valence-corrected chi connectivity index (χ2v) is 12.3. The van der Waals surface area contributed by atoms with E-state index in [0.29, 0.717) is 0 Å². The number of rotatable bonds is 2. The van der Waals surface area contributed by atoms with Crippen LogP contribution in [0.1, 0.15) is 46.2 Å². The minimum absolute atomic E-state index is 0.401. The van der Waals surface area contributed by atoms with Crippen LogP contribution in [-0.2, 0) is 5.41 Å². The molecule has 1 unspecified atom stereocenters. The zero-order valence-corrected chi connectivity index (χ0v) is 22.9. The minimum Gasteiger partial charge on any atom is -0.384 e. The number of fused-ring (bicyclic) bond motifs is 8. The maximum atomic E-state index is 4.73. The highest BCUT2D eigenvalue weighted by Crippen LogP contribution is 2.61. The van der Waals surface area contributed by atoms with Crippen LogP contribution >= 0.6 is 23.5 Å². The Hall–Kier alpha value is -3.80. The molecule has 1 spiro atoms. The molecular weight excluding hydrogens is 515 g/mol. The summed E-state index contributed by atoms with van der Waals surface area (Å²) >= 11 is 3.76. The van der Waals surface area contributed by atoms with Crippen LogP contribution in [0.15, 0.2) is 133 Å². The molecule has 0 radical (unpaired) electrons. The molecule has 4 aliphatic rings. The van der Waals surface area contributed by atoms with Gasteiger partial charge in [0, 0.05) is 43.8 Å². The summed E-state index contributed by atoms with van der Waals surface area (Å²) < 4.78 is 0. The number of allylic oxidation sites excluding steroid dienone is 1. The summed E-state index contributed by atoms with van der Waals surface area (Å²) in [5.74, 6) is 0. The molecule has 4 heterocycles. The summed E-state index contributed by atoms with van der Waals surface area (Å²) in [6, 6.07) is 31.9. The molecule has 4 aliphatic heterocycles. The average molecular weight is 540 g/mol. The van der Waals surface area contributed by atoms with Crippen LogP contribution in [-0.4, -0.2) is 18.5 Å². The highest BCUT2D eigenvalue weighted by molar-refractivity contribution is 8.00. The van der Waals surface area contributed by atoms with Crippen molar-refractivity contribution in [3.05, 3.63) is 137 Å². The van der Waals surface area contributed by atoms with Gasteiger partial charge in [-0.2, -0.15) is 0 Å². The Labute approximate surface area is 236 Å². The van der Waals surface area contributed by atoms with E-state index in [-0.39, 0.29) is 0 Å². The van der Waals surface area contributed by atoms with Gasteiger partial charge in [-0.3, -0.25) is 9.98 Å². The minimum atomic E-state index is -0.401. The van der Waals surface area contributed by atoms with Gasteiger partial charge in [-0.15, -0.1) is 0 Å². The van der Waals surface area contributed by atoms with E-state index in [2.05, 4.69) is 101 Å². The maximum Gasteiger partial charge on any atom is 0.0745 e. The number of nitrogens with zero attached hydrogens (tertiary/aromatic N) is 2. The molecule has 4 aromatic rings. The molecule has 8 rings (SSSR count). The standard InChI is InChI=1S/C34H25N3S2/c1-3-10-30-24(7-1)34(26-14-12-22(19-32(26)38-30)28-9-5-6-16-36-28)25-8-2-4-11-31(25)39-33-20-23(13-15-27(33)34)29-21-35-17-18-37-29/h1-4,7-20,35H,5-6,21H2. The number of nitrogens with one attached hydrogen (secondary N) is 1. The molecule has 4 aromatic carbocycles. The molecular formula is C34H25N3S2. The smallest absolute Gasteiger partial charge is 0.0745 e. The van der Waals surface area contributed by atoms with Gasteiger partial charge in [0.1, 0.15) is 0 Å². The van der Waals surface area contributed by atoms with E-state index in [1.165, 1.54) is 53.0 Å². The lowest BCUT2D eigenvalue weighted by Gasteiger charge is -2.45. The zero-order valence-electron chi connectivity index (χ0n) is 21.2. The van der Waals surface area contributed by atoms with Crippen molar-refractivity contribution in [1.82, 2.24) is 5.32 Å². The summed E-state index contributed by atoms with van der Waals surface area (Å²) in [4.78, 5) is 14.6. The lowest BCUT2D eigenvalue weighted by atomic mass is 9.64. The predicted octanol–water partition coefficient (Wildman–Crippen LogP) is 8.07. The first-order chi connectivity index (χ1) is 19.3. The number of hydrogen-bond acceptors (Lipinski definition) is 5. The Morgan fingerprint density at radius 2 is 1.31 bits per heavy atom. The predicted molar refractivity (Wildman–Crippen MR) is 162 cm³/mol. The number of hydrogen-bond donors (Lipinski definition) is 1. The fourth-order valence-corrected chi connectivity index (χ4v) is 8.73. The van der Waals surface area contributed by atoms with Gasteiger partial charge in [0.2, 0.25) is 0 Å². The fourth-order valence-electron chi connectivity index (χ4n) is 6.27. The SMILES string of the molecule is C1=CNCC(c2ccc3c(c2)Sc2ccccc2C32c3ccccc3Sc3cc(C4=CCCC=N4)ccc32)=N1. The van der Waals surface area contributed by atoms with Gasteiger partial charge in [-0.1, -0.05) is 90.3 Å². The molecule has 188 valence electrons. The van der Waals surface area contributed by atoms with Gasteiger partial charge in [-0.25, -0.2) is 0 Å². The molecule has 39 heavy (non-hydrogen) atoms. The van der Waals surface area contributed by atoms with Gasteiger partial charge in [-0.05, 0) is 64.9 Å². The van der Waals surface area contributed by atoms with E-state index >= 15 is 0 Å². The molecule has 0 saturated heterocycles. The number of benzene rings is 4. The lowest BCUT2D eigenvalue weighted by Crippen LogP contribution is -2.37. The Bertz CT molecular complexity index is 1770. The second-order valence-electron chi connectivity index (χ2n) is 10.1. The molecule has 0 bridgehead atoms. The number of aliphatic imine (C=N–C) groups is 2. The van der Waals surface area contributed by atoms with E-state index in [1.54, 1.807) is 0 Å². The van der Waals surface area contributed by atoms with Gasteiger partial charge >= 0.3 is 0 Å². The molecule has 5 heteroatoms. The molecule has 0 amide bonds. The maximum absolute atomic E-state index is 4.73. The summed E-state index contributed by atoms with van der Waals surface area (Å²) in [6.45, 7) is 0.741. The van der Waals surface area contributed by atoms with Crippen molar-refractivity contribution >= 4 is 41.1 Å². The van der Waals surface area contributed by atoms with Crippen molar-refractivity contribution < 1.29 is 0 Å². The van der Waals surface area contributed by atoms with E-state index < -0.39 is 5.41 Å². The zero-order chi connectivity index (χ0) is 25.8. The Morgan fingerprint density at radius 3 is 1.95 bits per heavy atom. The van der Waals surface area contributed by atoms with Crippen LogP contribution in [0.25, 0.3) is 5.70 Å². The van der Waals surface area contributed by atoms with Crippen molar-refractivity contribution in [1.29, 1.82) is 0 Å². The van der Waals surface area contributed by atoms with Crippen LogP contribution in [0, 0.1) is 0 Å². The van der Waals surface area contributed by atoms with E-state index in [0.717, 1.165) is 30.8 Å². The van der Waals surface area contributed by atoms with Crippen LogP contribution < -0.4 is 5.32 Å². The summed E-state index contributed by atoms with van der Waals surface area (Å²) in [7, 11) is 0. The van der Waals surface area contributed by atoms with Crippen LogP contribution in [0.4, 0.5) is 0 Å². The van der Waals surface area contributed by atoms with E-state index in [1.807, 2.05) is 42.1 Å². The third kappa shape index (κ3) is 3.53. The normalized spacial score (nSPS) is 20.2. The monoisotopic (exact) mass is 539 g/mol. The third-order valence-electron chi connectivity index (χ3n) is 7.98. The topological polar surface area (TPSA) is 36.8 Å². The van der Waals surface area contributed by atoms with Crippen LogP contribution in [0.2, 0.25) is 0 Å². The molecule has 0 fully saturated rings. The first-order valence-corrected chi connectivity index (χ1v) is 15.0. The van der Waals surface area contributed by atoms with E-state index in [4.69, 9.17) is 4.99 Å². The highest BCUT2D eigenvalue weighted by Gasteiger charge is 2.48.